The summed E-state index contributed by atoms with van der Waals surface area (Å²) in [4.78, 5) is 9.36. The standard InChI is InChI=1S/C24H43N5O3/c1-6-25-23(27-18-24(4,30)19-28-12-14-32-15-13-28)26-17-22(29(7-2)8-3)20-10-9-11-21(16-20)31-5/h9-11,16,22,30H,6-8,12-15,17-19H2,1-5H3,(H2,25,26,27). The molecule has 1 aliphatic rings. The molecule has 0 amide bonds. The summed E-state index contributed by atoms with van der Waals surface area (Å²) in [5.74, 6) is 1.58. The summed E-state index contributed by atoms with van der Waals surface area (Å²) < 4.78 is 10.8. The van der Waals surface area contributed by atoms with Crippen LogP contribution in [0, 0.1) is 0 Å². The second kappa shape index (κ2) is 13.6. The van der Waals surface area contributed by atoms with Crippen molar-refractivity contribution in [2.75, 3.05) is 72.7 Å². The number of aliphatic hydroxyl groups is 1. The predicted octanol–water partition coefficient (Wildman–Crippen LogP) is 1.72. The smallest absolute Gasteiger partial charge is 0.191 e. The molecule has 8 nitrogen and oxygen atoms in total. The van der Waals surface area contributed by atoms with E-state index in [0.29, 0.717) is 19.6 Å². The minimum atomic E-state index is -0.898. The molecule has 0 aliphatic carbocycles. The van der Waals surface area contributed by atoms with Gasteiger partial charge in [0.2, 0.25) is 0 Å². The van der Waals surface area contributed by atoms with Crippen molar-refractivity contribution in [2.24, 2.45) is 4.99 Å². The number of rotatable bonds is 12. The van der Waals surface area contributed by atoms with Gasteiger partial charge in [-0.05, 0) is 44.6 Å². The number of hydrogen-bond donors (Lipinski definition) is 3. The summed E-state index contributed by atoms with van der Waals surface area (Å²) in [5, 5.41) is 17.7. The number of nitrogens with one attached hydrogen (secondary N) is 2. The number of β-amino-alcohol motifs (C(OH)–C–C–N with tert-alkyl or cyclic N) is 1. The lowest BCUT2D eigenvalue weighted by Gasteiger charge is -2.33. The van der Waals surface area contributed by atoms with Crippen molar-refractivity contribution in [3.63, 3.8) is 0 Å². The molecule has 1 aromatic rings. The lowest BCUT2D eigenvalue weighted by atomic mass is 10.0. The molecule has 2 rings (SSSR count). The number of methoxy groups -OCH3 is 1. The number of ether oxygens (including phenoxy) is 2. The van der Waals surface area contributed by atoms with Gasteiger partial charge in [-0.15, -0.1) is 0 Å². The van der Waals surface area contributed by atoms with Gasteiger partial charge in [0.25, 0.3) is 0 Å². The first-order valence-corrected chi connectivity index (χ1v) is 11.8. The fraction of sp³-hybridized carbons (Fsp3) is 0.708. The molecule has 0 saturated carbocycles. The Hall–Kier alpha value is -1.87. The van der Waals surface area contributed by atoms with E-state index in [2.05, 4.69) is 46.4 Å². The van der Waals surface area contributed by atoms with E-state index in [1.165, 1.54) is 5.56 Å². The minimum absolute atomic E-state index is 0.179. The third-order valence-electron chi connectivity index (χ3n) is 5.78. The first kappa shape index (κ1) is 26.4. The van der Waals surface area contributed by atoms with Crippen LogP contribution in [-0.4, -0.2) is 99.1 Å². The molecule has 2 atom stereocenters. The molecule has 0 radical (unpaired) electrons. The molecule has 3 N–H and O–H groups in total. The highest BCUT2D eigenvalue weighted by Crippen LogP contribution is 2.23. The molecule has 1 aromatic carbocycles. The van der Waals surface area contributed by atoms with E-state index in [4.69, 9.17) is 14.5 Å². The van der Waals surface area contributed by atoms with Gasteiger partial charge in [0.05, 0.1) is 38.5 Å². The molecule has 1 heterocycles. The van der Waals surface area contributed by atoms with Gasteiger partial charge >= 0.3 is 0 Å². The van der Waals surface area contributed by atoms with E-state index in [0.717, 1.165) is 57.6 Å². The Bertz CT molecular complexity index is 688. The predicted molar refractivity (Wildman–Crippen MR) is 131 cm³/mol. The Morgan fingerprint density at radius 3 is 2.59 bits per heavy atom. The number of morpholine rings is 1. The van der Waals surface area contributed by atoms with Crippen molar-refractivity contribution >= 4 is 5.96 Å². The Labute approximate surface area is 194 Å². The molecule has 1 saturated heterocycles. The summed E-state index contributed by atoms with van der Waals surface area (Å²) in [5.41, 5.74) is 0.306. The van der Waals surface area contributed by atoms with Crippen LogP contribution in [0.25, 0.3) is 0 Å². The fourth-order valence-corrected chi connectivity index (χ4v) is 4.05. The Kier molecular flexibility index (Phi) is 11.2. The third kappa shape index (κ3) is 8.58. The normalized spacial score (nSPS) is 18.3. The maximum atomic E-state index is 10.9. The molecular weight excluding hydrogens is 406 g/mol. The maximum absolute atomic E-state index is 10.9. The van der Waals surface area contributed by atoms with Crippen molar-refractivity contribution in [1.29, 1.82) is 0 Å². The van der Waals surface area contributed by atoms with E-state index in [1.807, 2.05) is 26.0 Å². The van der Waals surface area contributed by atoms with E-state index >= 15 is 0 Å². The van der Waals surface area contributed by atoms with Gasteiger partial charge < -0.3 is 25.2 Å². The number of nitrogens with zero attached hydrogens (tertiary/aromatic N) is 3. The van der Waals surface area contributed by atoms with Gasteiger partial charge in [-0.3, -0.25) is 14.8 Å². The average Bonchev–Trinajstić information content (AvgIpc) is 2.80. The van der Waals surface area contributed by atoms with Gasteiger partial charge in [0.15, 0.2) is 5.96 Å². The molecule has 8 heteroatoms. The maximum Gasteiger partial charge on any atom is 0.191 e. The lowest BCUT2D eigenvalue weighted by molar-refractivity contribution is -0.0180. The van der Waals surface area contributed by atoms with Crippen LogP contribution in [0.4, 0.5) is 0 Å². The highest BCUT2D eigenvalue weighted by Gasteiger charge is 2.25. The number of guanidine groups is 1. The largest absolute Gasteiger partial charge is 0.497 e. The lowest BCUT2D eigenvalue weighted by Crippen LogP contribution is -2.48. The topological polar surface area (TPSA) is 81.6 Å². The van der Waals surface area contributed by atoms with Crippen molar-refractivity contribution in [3.8, 4) is 5.75 Å². The quantitative estimate of drug-likeness (QED) is 0.331. The van der Waals surface area contributed by atoms with Crippen molar-refractivity contribution in [1.82, 2.24) is 20.4 Å². The second-order valence-corrected chi connectivity index (χ2v) is 8.48. The molecule has 0 aromatic heterocycles. The van der Waals surface area contributed by atoms with E-state index < -0.39 is 5.60 Å². The molecule has 2 unspecified atom stereocenters. The fourth-order valence-electron chi connectivity index (χ4n) is 4.05. The van der Waals surface area contributed by atoms with Crippen LogP contribution in [0.2, 0.25) is 0 Å². The Balaban J connectivity index is 2.07. The SMILES string of the molecule is CCNC(=NCC(C)(O)CN1CCOCC1)NCC(c1cccc(OC)c1)N(CC)CC. The van der Waals surface area contributed by atoms with Crippen LogP contribution in [0.15, 0.2) is 29.3 Å². The molecule has 182 valence electrons. The van der Waals surface area contributed by atoms with Crippen molar-refractivity contribution in [2.45, 2.75) is 39.3 Å². The highest BCUT2D eigenvalue weighted by molar-refractivity contribution is 5.79. The van der Waals surface area contributed by atoms with Crippen LogP contribution in [0.3, 0.4) is 0 Å². The van der Waals surface area contributed by atoms with Crippen LogP contribution in [-0.2, 0) is 4.74 Å². The minimum Gasteiger partial charge on any atom is -0.497 e. The number of likely N-dealkylation sites (N-methyl/N-ethyl adjacent to an activating group) is 1. The summed E-state index contributed by atoms with van der Waals surface area (Å²) in [6.45, 7) is 15.7. The van der Waals surface area contributed by atoms with Gasteiger partial charge in [-0.2, -0.15) is 0 Å². The van der Waals surface area contributed by atoms with Crippen LogP contribution < -0.4 is 15.4 Å². The van der Waals surface area contributed by atoms with Crippen molar-refractivity contribution in [3.05, 3.63) is 29.8 Å². The van der Waals surface area contributed by atoms with E-state index in [9.17, 15) is 5.11 Å². The van der Waals surface area contributed by atoms with E-state index in [-0.39, 0.29) is 6.04 Å². The summed E-state index contributed by atoms with van der Waals surface area (Å²) in [7, 11) is 1.70. The monoisotopic (exact) mass is 449 g/mol. The number of hydrogen-bond acceptors (Lipinski definition) is 6. The van der Waals surface area contributed by atoms with E-state index in [1.54, 1.807) is 7.11 Å². The van der Waals surface area contributed by atoms with Gasteiger partial charge in [0.1, 0.15) is 5.75 Å². The number of aliphatic imine (C=N–C) groups is 1. The number of benzene rings is 1. The zero-order valence-electron chi connectivity index (χ0n) is 20.6. The molecule has 32 heavy (non-hydrogen) atoms. The molecular formula is C24H43N5O3. The first-order valence-electron chi connectivity index (χ1n) is 11.8. The molecule has 0 bridgehead atoms. The molecule has 1 fully saturated rings. The summed E-state index contributed by atoms with van der Waals surface area (Å²) in [6.07, 6.45) is 0. The third-order valence-corrected chi connectivity index (χ3v) is 5.78. The molecule has 1 aliphatic heterocycles. The highest BCUT2D eigenvalue weighted by atomic mass is 16.5. The Morgan fingerprint density at radius 2 is 1.97 bits per heavy atom. The van der Waals surface area contributed by atoms with Gasteiger partial charge in [-0.25, -0.2) is 0 Å². The van der Waals surface area contributed by atoms with Crippen molar-refractivity contribution < 1.29 is 14.6 Å². The zero-order chi connectivity index (χ0) is 23.4. The van der Waals surface area contributed by atoms with Crippen LogP contribution in [0.5, 0.6) is 5.75 Å². The van der Waals surface area contributed by atoms with Crippen LogP contribution >= 0.6 is 0 Å². The zero-order valence-corrected chi connectivity index (χ0v) is 20.6. The average molecular weight is 450 g/mol. The summed E-state index contributed by atoms with van der Waals surface area (Å²) >= 11 is 0. The molecule has 0 spiro atoms. The van der Waals surface area contributed by atoms with Gasteiger partial charge in [0, 0.05) is 32.7 Å². The van der Waals surface area contributed by atoms with Crippen LogP contribution in [0.1, 0.15) is 39.3 Å². The summed E-state index contributed by atoms with van der Waals surface area (Å²) in [6, 6.07) is 8.43. The second-order valence-electron chi connectivity index (χ2n) is 8.48. The Morgan fingerprint density at radius 1 is 1.25 bits per heavy atom. The van der Waals surface area contributed by atoms with Gasteiger partial charge in [-0.1, -0.05) is 26.0 Å². The first-order chi connectivity index (χ1) is 15.4.